The molecule has 0 aliphatic carbocycles. The van der Waals surface area contributed by atoms with Crippen molar-refractivity contribution in [3.8, 4) is 0 Å². The third-order valence-electron chi connectivity index (χ3n) is 2.60. The maximum Gasteiger partial charge on any atom is 0.336 e. The third kappa shape index (κ3) is 3.29. The van der Waals surface area contributed by atoms with Crippen LogP contribution in [0.3, 0.4) is 0 Å². The molecule has 102 valence electrons. The number of aliphatic hydroxyl groups is 1. The van der Waals surface area contributed by atoms with Crippen molar-refractivity contribution in [2.75, 3.05) is 6.61 Å². The molecule has 0 saturated carbocycles. The lowest BCUT2D eigenvalue weighted by atomic mass is 10.0. The molecular weight excluding hydrogens is 278 g/mol. The predicted molar refractivity (Wildman–Crippen MR) is 67.4 cm³/mol. The second kappa shape index (κ2) is 5.35. The van der Waals surface area contributed by atoms with Crippen molar-refractivity contribution < 1.29 is 23.4 Å². The number of carboxylic acids is 1. The van der Waals surface area contributed by atoms with E-state index in [1.165, 1.54) is 5.38 Å². The first-order valence-corrected chi connectivity index (χ1v) is 7.57. The van der Waals surface area contributed by atoms with Crippen molar-refractivity contribution in [2.45, 2.75) is 30.0 Å². The number of aromatic carboxylic acids is 1. The highest BCUT2D eigenvalue weighted by Gasteiger charge is 2.29. The zero-order valence-corrected chi connectivity index (χ0v) is 11.6. The van der Waals surface area contributed by atoms with Crippen LogP contribution in [0.2, 0.25) is 0 Å². The van der Waals surface area contributed by atoms with Crippen LogP contribution in [0, 0.1) is 0 Å². The summed E-state index contributed by atoms with van der Waals surface area (Å²) in [6.45, 7) is 2.99. The monoisotopic (exact) mass is 293 g/mol. The summed E-state index contributed by atoms with van der Waals surface area (Å²) in [6, 6.07) is 1.10. The normalized spacial score (nSPS) is 15.3. The summed E-state index contributed by atoms with van der Waals surface area (Å²) in [5, 5.41) is 19.2. The molecule has 0 amide bonds. The summed E-state index contributed by atoms with van der Waals surface area (Å²) in [4.78, 5) is 10.7. The number of aliphatic hydroxyl groups excluding tert-OH is 1. The van der Waals surface area contributed by atoms with E-state index in [1.807, 2.05) is 0 Å². The van der Waals surface area contributed by atoms with E-state index in [2.05, 4.69) is 4.72 Å². The molecule has 0 aliphatic rings. The van der Waals surface area contributed by atoms with Crippen molar-refractivity contribution >= 4 is 27.3 Å². The second-order valence-corrected chi connectivity index (χ2v) is 6.96. The fourth-order valence-corrected chi connectivity index (χ4v) is 3.78. The van der Waals surface area contributed by atoms with Gasteiger partial charge in [-0.25, -0.2) is 17.9 Å². The molecule has 1 rings (SSSR count). The van der Waals surface area contributed by atoms with Crippen LogP contribution in [0.5, 0.6) is 0 Å². The quantitative estimate of drug-likeness (QED) is 0.722. The molecule has 1 unspecified atom stereocenters. The number of rotatable bonds is 6. The number of sulfonamides is 1. The fraction of sp³-hybridized carbons (Fsp3) is 0.500. The Morgan fingerprint density at radius 1 is 1.56 bits per heavy atom. The average molecular weight is 293 g/mol. The highest BCUT2D eigenvalue weighted by atomic mass is 32.2. The molecule has 1 atom stereocenters. The molecule has 8 heteroatoms. The maximum atomic E-state index is 12.0. The summed E-state index contributed by atoms with van der Waals surface area (Å²) in [7, 11) is -3.81. The third-order valence-corrected chi connectivity index (χ3v) is 5.68. The Morgan fingerprint density at radius 2 is 2.17 bits per heavy atom. The Balaban J connectivity index is 3.03. The number of carboxylic acid groups (broad SMARTS) is 1. The van der Waals surface area contributed by atoms with E-state index >= 15 is 0 Å². The molecule has 0 spiro atoms. The van der Waals surface area contributed by atoms with Crippen molar-refractivity contribution in [1.82, 2.24) is 4.72 Å². The molecular formula is C10H15NO5S2. The molecule has 3 N–H and O–H groups in total. The van der Waals surface area contributed by atoms with Crippen LogP contribution in [0.15, 0.2) is 15.7 Å². The highest BCUT2D eigenvalue weighted by Crippen LogP contribution is 2.22. The molecule has 6 nitrogen and oxygen atoms in total. The van der Waals surface area contributed by atoms with Gasteiger partial charge in [-0.05, 0) is 19.4 Å². The van der Waals surface area contributed by atoms with Crippen LogP contribution in [-0.2, 0) is 10.0 Å². The molecule has 0 aromatic carbocycles. The summed E-state index contributed by atoms with van der Waals surface area (Å²) in [5.74, 6) is -1.17. The molecule has 0 bridgehead atoms. The smallest absolute Gasteiger partial charge is 0.336 e. The van der Waals surface area contributed by atoms with Gasteiger partial charge in [-0.15, -0.1) is 11.3 Å². The molecule has 0 radical (unpaired) electrons. The first kappa shape index (κ1) is 15.1. The van der Waals surface area contributed by atoms with Gasteiger partial charge in [0.1, 0.15) is 4.21 Å². The van der Waals surface area contributed by atoms with Crippen LogP contribution in [0.25, 0.3) is 0 Å². The Kier molecular flexibility index (Phi) is 4.49. The van der Waals surface area contributed by atoms with Crippen LogP contribution < -0.4 is 4.72 Å². The van der Waals surface area contributed by atoms with E-state index in [1.54, 1.807) is 13.8 Å². The van der Waals surface area contributed by atoms with Crippen LogP contribution in [-0.4, -0.2) is 36.7 Å². The Morgan fingerprint density at radius 3 is 2.56 bits per heavy atom. The van der Waals surface area contributed by atoms with E-state index in [4.69, 9.17) is 5.11 Å². The summed E-state index contributed by atoms with van der Waals surface area (Å²) in [6.07, 6.45) is 0.417. The maximum absolute atomic E-state index is 12.0. The van der Waals surface area contributed by atoms with Gasteiger partial charge in [-0.1, -0.05) is 6.92 Å². The van der Waals surface area contributed by atoms with Crippen LogP contribution >= 0.6 is 11.3 Å². The lowest BCUT2D eigenvalue weighted by molar-refractivity contribution is 0.0697. The van der Waals surface area contributed by atoms with E-state index in [-0.39, 0.29) is 16.4 Å². The summed E-state index contributed by atoms with van der Waals surface area (Å²) in [5.41, 5.74) is -1.02. The van der Waals surface area contributed by atoms with Gasteiger partial charge in [0.15, 0.2) is 0 Å². The minimum atomic E-state index is -3.81. The van der Waals surface area contributed by atoms with E-state index in [0.29, 0.717) is 6.42 Å². The minimum Gasteiger partial charge on any atom is -0.478 e. The SMILES string of the molecule is CCC(C)(CO)NS(=O)(=O)c1cc(C(=O)O)cs1. The fourth-order valence-electron chi connectivity index (χ4n) is 1.16. The first-order valence-electron chi connectivity index (χ1n) is 5.21. The largest absolute Gasteiger partial charge is 0.478 e. The molecule has 18 heavy (non-hydrogen) atoms. The van der Waals surface area contributed by atoms with Crippen LogP contribution in [0.4, 0.5) is 0 Å². The van der Waals surface area contributed by atoms with E-state index < -0.39 is 21.5 Å². The van der Waals surface area contributed by atoms with Crippen molar-refractivity contribution in [3.63, 3.8) is 0 Å². The van der Waals surface area contributed by atoms with E-state index in [0.717, 1.165) is 17.4 Å². The van der Waals surface area contributed by atoms with Gasteiger partial charge in [0, 0.05) is 5.38 Å². The average Bonchev–Trinajstić information content (AvgIpc) is 2.78. The molecule has 0 aliphatic heterocycles. The minimum absolute atomic E-state index is 0.0671. The van der Waals surface area contributed by atoms with Gasteiger partial charge in [0.25, 0.3) is 10.0 Å². The second-order valence-electron chi connectivity index (χ2n) is 4.14. The highest BCUT2D eigenvalue weighted by molar-refractivity contribution is 7.91. The van der Waals surface area contributed by atoms with Crippen molar-refractivity contribution in [1.29, 1.82) is 0 Å². The number of hydrogen-bond acceptors (Lipinski definition) is 5. The molecule has 1 heterocycles. The molecule has 1 aromatic heterocycles. The van der Waals surface area contributed by atoms with Gasteiger partial charge in [0.05, 0.1) is 17.7 Å². The summed E-state index contributed by atoms with van der Waals surface area (Å²) >= 11 is 0.834. The number of nitrogens with one attached hydrogen (secondary N) is 1. The first-order chi connectivity index (χ1) is 8.24. The van der Waals surface area contributed by atoms with Crippen LogP contribution in [0.1, 0.15) is 30.6 Å². The van der Waals surface area contributed by atoms with Gasteiger partial charge in [-0.3, -0.25) is 0 Å². The number of carbonyl (C=O) groups is 1. The van der Waals surface area contributed by atoms with Gasteiger partial charge in [0.2, 0.25) is 0 Å². The Labute approximate surface area is 109 Å². The van der Waals surface area contributed by atoms with Gasteiger partial charge in [-0.2, -0.15) is 0 Å². The number of hydrogen-bond donors (Lipinski definition) is 3. The topological polar surface area (TPSA) is 104 Å². The Hall–Kier alpha value is -0.960. The van der Waals surface area contributed by atoms with E-state index in [9.17, 15) is 18.3 Å². The van der Waals surface area contributed by atoms with Gasteiger partial charge < -0.3 is 10.2 Å². The zero-order chi connectivity index (χ0) is 14.0. The van der Waals surface area contributed by atoms with Gasteiger partial charge >= 0.3 is 5.97 Å². The molecule has 0 saturated heterocycles. The Bertz CT molecular complexity index is 530. The lowest BCUT2D eigenvalue weighted by Crippen LogP contribution is -2.48. The lowest BCUT2D eigenvalue weighted by Gasteiger charge is -2.26. The molecule has 0 fully saturated rings. The molecule has 1 aromatic rings. The summed E-state index contributed by atoms with van der Waals surface area (Å²) < 4.78 is 26.3. The number of thiophene rings is 1. The van der Waals surface area contributed by atoms with Crippen molar-refractivity contribution in [3.05, 3.63) is 17.0 Å². The zero-order valence-electron chi connectivity index (χ0n) is 10.0. The van der Waals surface area contributed by atoms with Crippen molar-refractivity contribution in [2.24, 2.45) is 0 Å². The predicted octanol–water partition coefficient (Wildman–Crippen LogP) is 0.886. The standard InChI is InChI=1S/C10H15NO5S2/c1-3-10(2,6-12)11-18(15,16)8-4-7(5-17-8)9(13)14/h4-5,11-12H,3,6H2,1-2H3,(H,13,14).